The number of hydrogen-bond donors (Lipinski definition) is 1. The van der Waals surface area contributed by atoms with Crippen molar-refractivity contribution >= 4 is 11.8 Å². The van der Waals surface area contributed by atoms with Crippen LogP contribution >= 0.6 is 0 Å². The Bertz CT molecular complexity index is 385. The number of amides is 2. The number of rotatable bonds is 4. The van der Waals surface area contributed by atoms with E-state index in [2.05, 4.69) is 5.32 Å². The predicted molar refractivity (Wildman–Crippen MR) is 69.5 cm³/mol. The zero-order valence-corrected chi connectivity index (χ0v) is 12.4. The van der Waals surface area contributed by atoms with Crippen LogP contribution in [0.1, 0.15) is 33.6 Å². The number of carbonyl (C=O) groups is 2. The standard InChI is InChI=1S/C13H21F3N2O3/c1-8(2)21-7-12(20)18-6-10(17-9(3)19)4-5-11(18)13(14,15)16/h8,10-11H,4-7H2,1-3H3,(H,17,19). The summed E-state index contributed by atoms with van der Waals surface area (Å²) in [5.74, 6) is -1.03. The maximum absolute atomic E-state index is 13.0. The fraction of sp³-hybridized carbons (Fsp3) is 0.846. The van der Waals surface area contributed by atoms with Crippen LogP contribution in [0.5, 0.6) is 0 Å². The fourth-order valence-electron chi connectivity index (χ4n) is 2.31. The van der Waals surface area contributed by atoms with Crippen molar-refractivity contribution < 1.29 is 27.5 Å². The zero-order chi connectivity index (χ0) is 16.2. The number of piperidine rings is 1. The van der Waals surface area contributed by atoms with E-state index in [1.807, 2.05) is 0 Å². The van der Waals surface area contributed by atoms with Gasteiger partial charge in [-0.3, -0.25) is 9.59 Å². The second-order valence-corrected chi connectivity index (χ2v) is 5.44. The van der Waals surface area contributed by atoms with Gasteiger partial charge in [-0.15, -0.1) is 0 Å². The van der Waals surface area contributed by atoms with Gasteiger partial charge in [-0.1, -0.05) is 0 Å². The van der Waals surface area contributed by atoms with Crippen LogP contribution in [0.15, 0.2) is 0 Å². The molecule has 2 unspecified atom stereocenters. The van der Waals surface area contributed by atoms with E-state index in [0.29, 0.717) is 0 Å². The highest BCUT2D eigenvalue weighted by Crippen LogP contribution is 2.32. The predicted octanol–water partition coefficient (Wildman–Crippen LogP) is 1.47. The minimum absolute atomic E-state index is 0.149. The average Bonchev–Trinajstić information content (AvgIpc) is 2.33. The number of alkyl halides is 3. The number of likely N-dealkylation sites (tertiary alicyclic amines) is 1. The van der Waals surface area contributed by atoms with E-state index in [4.69, 9.17) is 4.74 Å². The summed E-state index contributed by atoms with van der Waals surface area (Å²) in [6, 6.07) is -2.27. The van der Waals surface area contributed by atoms with Crippen LogP contribution in [-0.2, 0) is 14.3 Å². The summed E-state index contributed by atoms with van der Waals surface area (Å²) >= 11 is 0. The number of nitrogens with one attached hydrogen (secondary N) is 1. The monoisotopic (exact) mass is 310 g/mol. The molecule has 0 aromatic carbocycles. The Hall–Kier alpha value is -1.31. The van der Waals surface area contributed by atoms with Crippen molar-refractivity contribution in [2.45, 2.75) is 58.0 Å². The molecule has 1 saturated heterocycles. The minimum atomic E-state index is -4.48. The minimum Gasteiger partial charge on any atom is -0.369 e. The summed E-state index contributed by atoms with van der Waals surface area (Å²) in [5, 5.41) is 2.56. The molecule has 0 aromatic rings. The molecule has 122 valence electrons. The van der Waals surface area contributed by atoms with Crippen molar-refractivity contribution in [2.75, 3.05) is 13.2 Å². The van der Waals surface area contributed by atoms with Gasteiger partial charge in [-0.05, 0) is 26.7 Å². The highest BCUT2D eigenvalue weighted by molar-refractivity contribution is 5.78. The lowest BCUT2D eigenvalue weighted by Gasteiger charge is -2.40. The lowest BCUT2D eigenvalue weighted by molar-refractivity contribution is -0.199. The van der Waals surface area contributed by atoms with Gasteiger partial charge < -0.3 is 15.0 Å². The van der Waals surface area contributed by atoms with E-state index in [-0.39, 0.29) is 31.4 Å². The Balaban J connectivity index is 2.78. The molecule has 1 aliphatic rings. The van der Waals surface area contributed by atoms with Gasteiger partial charge in [0.05, 0.1) is 6.10 Å². The van der Waals surface area contributed by atoms with Crippen LogP contribution in [-0.4, -0.2) is 54.2 Å². The maximum Gasteiger partial charge on any atom is 0.408 e. The van der Waals surface area contributed by atoms with Gasteiger partial charge in [0.2, 0.25) is 11.8 Å². The SMILES string of the molecule is CC(=O)NC1CCC(C(F)(F)F)N(C(=O)COC(C)C)C1. The molecular formula is C13H21F3N2O3. The van der Waals surface area contributed by atoms with Gasteiger partial charge in [-0.25, -0.2) is 0 Å². The fourth-order valence-corrected chi connectivity index (χ4v) is 2.31. The highest BCUT2D eigenvalue weighted by Gasteiger charge is 2.48. The summed E-state index contributed by atoms with van der Waals surface area (Å²) in [6.45, 7) is 4.15. The Morgan fingerprint density at radius 3 is 2.43 bits per heavy atom. The molecule has 0 bridgehead atoms. The average molecular weight is 310 g/mol. The van der Waals surface area contributed by atoms with E-state index < -0.39 is 30.8 Å². The highest BCUT2D eigenvalue weighted by atomic mass is 19.4. The largest absolute Gasteiger partial charge is 0.408 e. The van der Waals surface area contributed by atoms with Crippen molar-refractivity contribution in [3.05, 3.63) is 0 Å². The molecule has 0 radical (unpaired) electrons. The lowest BCUT2D eigenvalue weighted by atomic mass is 9.97. The van der Waals surface area contributed by atoms with Crippen LogP contribution in [0.2, 0.25) is 0 Å². The maximum atomic E-state index is 13.0. The van der Waals surface area contributed by atoms with E-state index in [1.54, 1.807) is 13.8 Å². The number of hydrogen-bond acceptors (Lipinski definition) is 3. The first kappa shape index (κ1) is 17.7. The van der Waals surface area contributed by atoms with Gasteiger partial charge in [0.1, 0.15) is 12.6 Å². The first-order chi connectivity index (χ1) is 9.61. The van der Waals surface area contributed by atoms with Crippen LogP contribution in [0, 0.1) is 0 Å². The van der Waals surface area contributed by atoms with Crippen LogP contribution < -0.4 is 5.32 Å². The normalized spacial score (nSPS) is 23.3. The Kier molecular flexibility index (Phi) is 6.00. The summed E-state index contributed by atoms with van der Waals surface area (Å²) in [7, 11) is 0. The Morgan fingerprint density at radius 1 is 1.33 bits per heavy atom. The van der Waals surface area contributed by atoms with Gasteiger partial charge >= 0.3 is 6.18 Å². The van der Waals surface area contributed by atoms with E-state index in [0.717, 1.165) is 4.90 Å². The molecule has 1 N–H and O–H groups in total. The van der Waals surface area contributed by atoms with Crippen molar-refractivity contribution in [1.29, 1.82) is 0 Å². The topological polar surface area (TPSA) is 58.6 Å². The second-order valence-electron chi connectivity index (χ2n) is 5.44. The third-order valence-corrected chi connectivity index (χ3v) is 3.23. The van der Waals surface area contributed by atoms with Gasteiger partial charge in [0.25, 0.3) is 0 Å². The van der Waals surface area contributed by atoms with Crippen molar-refractivity contribution in [3.63, 3.8) is 0 Å². The molecule has 1 heterocycles. The molecule has 1 aliphatic heterocycles. The second kappa shape index (κ2) is 7.11. The van der Waals surface area contributed by atoms with Gasteiger partial charge in [0, 0.05) is 19.5 Å². The molecule has 0 saturated carbocycles. The molecule has 8 heteroatoms. The number of halogens is 3. The molecule has 0 aromatic heterocycles. The van der Waals surface area contributed by atoms with Crippen LogP contribution in [0.4, 0.5) is 13.2 Å². The molecule has 1 rings (SSSR count). The third kappa shape index (κ3) is 5.53. The molecule has 0 spiro atoms. The molecule has 1 fully saturated rings. The number of nitrogens with zero attached hydrogens (tertiary/aromatic N) is 1. The van der Waals surface area contributed by atoms with Crippen molar-refractivity contribution in [3.8, 4) is 0 Å². The van der Waals surface area contributed by atoms with Crippen molar-refractivity contribution in [1.82, 2.24) is 10.2 Å². The van der Waals surface area contributed by atoms with Crippen LogP contribution in [0.3, 0.4) is 0 Å². The summed E-state index contributed by atoms with van der Waals surface area (Å²) in [4.78, 5) is 23.8. The van der Waals surface area contributed by atoms with Gasteiger partial charge in [0.15, 0.2) is 0 Å². The molecule has 2 amide bonds. The number of carbonyl (C=O) groups excluding carboxylic acids is 2. The molecular weight excluding hydrogens is 289 g/mol. The summed E-state index contributed by atoms with van der Waals surface area (Å²) < 4.78 is 44.1. The van der Waals surface area contributed by atoms with Crippen molar-refractivity contribution in [2.24, 2.45) is 0 Å². The molecule has 2 atom stereocenters. The number of ether oxygens (including phenoxy) is 1. The van der Waals surface area contributed by atoms with E-state index in [9.17, 15) is 22.8 Å². The Morgan fingerprint density at radius 2 is 1.95 bits per heavy atom. The van der Waals surface area contributed by atoms with Gasteiger partial charge in [-0.2, -0.15) is 13.2 Å². The lowest BCUT2D eigenvalue weighted by Crippen LogP contribution is -2.58. The van der Waals surface area contributed by atoms with E-state index in [1.165, 1.54) is 6.92 Å². The zero-order valence-electron chi connectivity index (χ0n) is 12.4. The summed E-state index contributed by atoms with van der Waals surface area (Å²) in [6.07, 6.45) is -4.75. The Labute approximate surface area is 121 Å². The molecule has 5 nitrogen and oxygen atoms in total. The first-order valence-corrected chi connectivity index (χ1v) is 6.86. The van der Waals surface area contributed by atoms with Crippen LogP contribution in [0.25, 0.3) is 0 Å². The molecule has 0 aliphatic carbocycles. The van der Waals surface area contributed by atoms with E-state index >= 15 is 0 Å². The summed E-state index contributed by atoms with van der Waals surface area (Å²) in [5.41, 5.74) is 0. The molecule has 21 heavy (non-hydrogen) atoms. The first-order valence-electron chi connectivity index (χ1n) is 6.86. The smallest absolute Gasteiger partial charge is 0.369 e. The third-order valence-electron chi connectivity index (χ3n) is 3.23. The quantitative estimate of drug-likeness (QED) is 0.855.